The van der Waals surface area contributed by atoms with Gasteiger partial charge in [-0.05, 0) is 30.7 Å². The van der Waals surface area contributed by atoms with E-state index in [1.165, 1.54) is 12.1 Å². The van der Waals surface area contributed by atoms with E-state index in [9.17, 15) is 31.6 Å². The second-order valence-electron chi connectivity index (χ2n) is 7.94. The normalized spacial score (nSPS) is 17.1. The van der Waals surface area contributed by atoms with Crippen molar-refractivity contribution in [2.24, 2.45) is 0 Å². The average Bonchev–Trinajstić information content (AvgIpc) is 2.81. The van der Waals surface area contributed by atoms with Gasteiger partial charge in [-0.15, -0.1) is 0 Å². The second kappa shape index (κ2) is 10.6. The summed E-state index contributed by atoms with van der Waals surface area (Å²) in [4.78, 5) is 5.65. The number of hydrogen-bond donors (Lipinski definition) is 3. The predicted molar refractivity (Wildman–Crippen MR) is 118 cm³/mol. The quantitative estimate of drug-likeness (QED) is 0.391. The molecule has 1 aliphatic heterocycles. The zero-order chi connectivity index (χ0) is 25.8. The van der Waals surface area contributed by atoms with Crippen LogP contribution in [0.15, 0.2) is 24.3 Å². The van der Waals surface area contributed by atoms with Crippen LogP contribution in [-0.4, -0.2) is 61.9 Å². The Hall–Kier alpha value is -3.24. The first kappa shape index (κ1) is 26.4. The van der Waals surface area contributed by atoms with Crippen LogP contribution in [0, 0.1) is 11.3 Å². The topological polar surface area (TPSA) is 99.2 Å². The van der Waals surface area contributed by atoms with Crippen molar-refractivity contribution in [1.29, 1.82) is 5.26 Å². The summed E-state index contributed by atoms with van der Waals surface area (Å²) in [5, 5.41) is 14.4. The van der Waals surface area contributed by atoms with Crippen LogP contribution in [0.3, 0.4) is 0 Å². The van der Waals surface area contributed by atoms with Gasteiger partial charge in [-0.2, -0.15) is 31.6 Å². The first-order chi connectivity index (χ1) is 16.4. The molecule has 1 fully saturated rings. The Kier molecular flexibility index (Phi) is 7.97. The number of aromatic nitrogens is 1. The SMILES string of the molecule is CNc1cc(-c2ccc(OCCCN3CCNC(C(F)(F)F)C3)c(C(F)(F)F)c2)nc(C#N)c1N. The lowest BCUT2D eigenvalue weighted by molar-refractivity contribution is -0.164. The summed E-state index contributed by atoms with van der Waals surface area (Å²) >= 11 is 0. The summed E-state index contributed by atoms with van der Waals surface area (Å²) < 4.78 is 85.3. The van der Waals surface area contributed by atoms with Crippen molar-refractivity contribution in [3.8, 4) is 23.1 Å². The molecule has 1 unspecified atom stereocenters. The highest BCUT2D eigenvalue weighted by atomic mass is 19.4. The van der Waals surface area contributed by atoms with Gasteiger partial charge in [0.1, 0.15) is 17.9 Å². The number of ether oxygens (including phenoxy) is 1. The van der Waals surface area contributed by atoms with E-state index in [2.05, 4.69) is 15.6 Å². The van der Waals surface area contributed by atoms with Gasteiger partial charge in [0.05, 0.1) is 29.2 Å². The minimum Gasteiger partial charge on any atom is -0.493 e. The lowest BCUT2D eigenvalue weighted by Crippen LogP contribution is -2.57. The van der Waals surface area contributed by atoms with Crippen molar-refractivity contribution in [2.75, 3.05) is 50.9 Å². The van der Waals surface area contributed by atoms with E-state index in [0.29, 0.717) is 12.2 Å². The van der Waals surface area contributed by atoms with Crippen molar-refractivity contribution in [3.63, 3.8) is 0 Å². The monoisotopic (exact) mass is 502 g/mol. The Morgan fingerprint density at radius 1 is 1.26 bits per heavy atom. The number of rotatable bonds is 7. The van der Waals surface area contributed by atoms with Gasteiger partial charge in [-0.25, -0.2) is 4.98 Å². The summed E-state index contributed by atoms with van der Waals surface area (Å²) in [6.07, 6.45) is -8.85. The molecule has 3 rings (SSSR count). The molecule has 2 heterocycles. The number of anilines is 2. The van der Waals surface area contributed by atoms with Gasteiger partial charge in [0.2, 0.25) is 0 Å². The third kappa shape index (κ3) is 6.46. The molecule has 1 aliphatic rings. The van der Waals surface area contributed by atoms with Crippen molar-refractivity contribution >= 4 is 11.4 Å². The van der Waals surface area contributed by atoms with Gasteiger partial charge in [0, 0.05) is 38.8 Å². The van der Waals surface area contributed by atoms with Crippen LogP contribution >= 0.6 is 0 Å². The Morgan fingerprint density at radius 2 is 2.00 bits per heavy atom. The number of nitrogens with one attached hydrogen (secondary N) is 2. The Labute approximate surface area is 197 Å². The molecule has 0 radical (unpaired) electrons. The fraction of sp³-hybridized carbons (Fsp3) is 0.455. The van der Waals surface area contributed by atoms with E-state index in [4.69, 9.17) is 10.5 Å². The Bertz CT molecular complexity index is 1080. The molecule has 1 aromatic heterocycles. The van der Waals surface area contributed by atoms with Crippen LogP contribution in [0.4, 0.5) is 37.7 Å². The standard InChI is InChI=1S/C22H24F6N6O/c1-31-16-10-15(33-17(11-29)20(16)30)13-3-4-18(14(9-13)21(23,24)25)35-8-2-6-34-7-5-32-19(12-34)22(26,27)28/h3-4,9-10,19,32H,2,5-8,12,30H2,1H3,(H,31,33). The molecular weight excluding hydrogens is 478 g/mol. The fourth-order valence-electron chi connectivity index (χ4n) is 3.74. The molecule has 13 heteroatoms. The summed E-state index contributed by atoms with van der Waals surface area (Å²) in [5.74, 6) is -0.403. The number of halogens is 6. The zero-order valence-corrected chi connectivity index (χ0v) is 18.7. The highest BCUT2D eigenvalue weighted by molar-refractivity contribution is 5.77. The number of pyridine rings is 1. The lowest BCUT2D eigenvalue weighted by Gasteiger charge is -2.34. The first-order valence-corrected chi connectivity index (χ1v) is 10.7. The van der Waals surface area contributed by atoms with E-state index in [1.54, 1.807) is 11.9 Å². The number of nitrogens with zero attached hydrogens (tertiary/aromatic N) is 3. The highest BCUT2D eigenvalue weighted by Gasteiger charge is 2.41. The molecule has 35 heavy (non-hydrogen) atoms. The van der Waals surface area contributed by atoms with E-state index in [0.717, 1.165) is 12.1 Å². The molecule has 190 valence electrons. The molecule has 0 aliphatic carbocycles. The van der Waals surface area contributed by atoms with Crippen LogP contribution in [0.25, 0.3) is 11.3 Å². The van der Waals surface area contributed by atoms with Gasteiger partial charge in [0.25, 0.3) is 0 Å². The predicted octanol–water partition coefficient (Wildman–Crippen LogP) is 3.87. The smallest absolute Gasteiger partial charge is 0.419 e. The van der Waals surface area contributed by atoms with E-state index < -0.39 is 29.7 Å². The van der Waals surface area contributed by atoms with E-state index in [1.807, 2.05) is 6.07 Å². The molecule has 1 saturated heterocycles. The van der Waals surface area contributed by atoms with Gasteiger partial charge < -0.3 is 26.0 Å². The molecule has 0 bridgehead atoms. The molecule has 2 aromatic rings. The van der Waals surface area contributed by atoms with Crippen LogP contribution < -0.4 is 21.1 Å². The van der Waals surface area contributed by atoms with Crippen LogP contribution in [0.2, 0.25) is 0 Å². The number of nitrogens with two attached hydrogens (primary N) is 1. The molecule has 1 atom stereocenters. The third-order valence-electron chi connectivity index (χ3n) is 5.55. The lowest BCUT2D eigenvalue weighted by atomic mass is 10.0. The van der Waals surface area contributed by atoms with Gasteiger partial charge in [-0.1, -0.05) is 0 Å². The van der Waals surface area contributed by atoms with Crippen molar-refractivity contribution in [3.05, 3.63) is 35.5 Å². The molecule has 0 saturated carbocycles. The maximum Gasteiger partial charge on any atom is 0.419 e. The minimum atomic E-state index is -4.73. The maximum atomic E-state index is 13.7. The van der Waals surface area contributed by atoms with Gasteiger partial charge in [0.15, 0.2) is 5.69 Å². The number of piperazine rings is 1. The van der Waals surface area contributed by atoms with Crippen molar-refractivity contribution in [1.82, 2.24) is 15.2 Å². The number of alkyl halides is 6. The fourth-order valence-corrected chi connectivity index (χ4v) is 3.74. The first-order valence-electron chi connectivity index (χ1n) is 10.7. The van der Waals surface area contributed by atoms with Gasteiger partial charge >= 0.3 is 12.4 Å². The van der Waals surface area contributed by atoms with Gasteiger partial charge in [-0.3, -0.25) is 0 Å². The van der Waals surface area contributed by atoms with Crippen LogP contribution in [-0.2, 0) is 6.18 Å². The highest BCUT2D eigenvalue weighted by Crippen LogP contribution is 2.39. The number of hydrogen-bond acceptors (Lipinski definition) is 7. The van der Waals surface area contributed by atoms with Crippen LogP contribution in [0.1, 0.15) is 17.7 Å². The minimum absolute atomic E-state index is 0.0841. The molecule has 7 nitrogen and oxygen atoms in total. The average molecular weight is 502 g/mol. The third-order valence-corrected chi connectivity index (χ3v) is 5.55. The molecule has 4 N–H and O–H groups in total. The number of benzene rings is 1. The van der Waals surface area contributed by atoms with E-state index >= 15 is 0 Å². The number of nitrogen functional groups attached to an aromatic ring is 1. The second-order valence-corrected chi connectivity index (χ2v) is 7.94. The van der Waals surface area contributed by atoms with Crippen molar-refractivity contribution in [2.45, 2.75) is 24.8 Å². The Morgan fingerprint density at radius 3 is 2.63 bits per heavy atom. The number of nitriles is 1. The maximum absolute atomic E-state index is 13.7. The summed E-state index contributed by atoms with van der Waals surface area (Å²) in [6.45, 7) is 0.508. The summed E-state index contributed by atoms with van der Waals surface area (Å²) in [6, 6.07) is 5.04. The van der Waals surface area contributed by atoms with Crippen LogP contribution in [0.5, 0.6) is 5.75 Å². The largest absolute Gasteiger partial charge is 0.493 e. The molecular formula is C22H24F6N6O. The zero-order valence-electron chi connectivity index (χ0n) is 18.7. The summed E-state index contributed by atoms with van der Waals surface area (Å²) in [5.41, 5.74) is 5.32. The summed E-state index contributed by atoms with van der Waals surface area (Å²) in [7, 11) is 1.55. The van der Waals surface area contributed by atoms with Crippen molar-refractivity contribution < 1.29 is 31.1 Å². The molecule has 0 spiro atoms. The molecule has 0 amide bonds. The van der Waals surface area contributed by atoms with E-state index in [-0.39, 0.29) is 55.3 Å². The molecule has 1 aromatic carbocycles. The Balaban J connectivity index is 1.72.